The van der Waals surface area contributed by atoms with Crippen molar-refractivity contribution < 1.29 is 9.47 Å². The first kappa shape index (κ1) is 18.9. The van der Waals surface area contributed by atoms with Crippen LogP contribution in [0.2, 0.25) is 0 Å². The zero-order chi connectivity index (χ0) is 19.2. The van der Waals surface area contributed by atoms with Crippen molar-refractivity contribution in [2.75, 3.05) is 45.7 Å². The first-order valence-electron chi connectivity index (χ1n) is 9.28. The highest BCUT2D eigenvalue weighted by Crippen LogP contribution is 2.28. The number of nitrogens with zero attached hydrogens (tertiary/aromatic N) is 5. The predicted molar refractivity (Wildman–Crippen MR) is 109 cm³/mol. The van der Waals surface area contributed by atoms with Crippen molar-refractivity contribution in [3.8, 4) is 22.8 Å². The Morgan fingerprint density at radius 2 is 1.79 bits per heavy atom. The van der Waals surface area contributed by atoms with Crippen LogP contribution in [0.5, 0.6) is 5.75 Å². The minimum Gasteiger partial charge on any atom is -0.497 e. The van der Waals surface area contributed by atoms with Gasteiger partial charge in [0.1, 0.15) is 5.75 Å². The largest absolute Gasteiger partial charge is 0.497 e. The zero-order valence-electron chi connectivity index (χ0n) is 15.8. The van der Waals surface area contributed by atoms with E-state index in [0.717, 1.165) is 66.6 Å². The summed E-state index contributed by atoms with van der Waals surface area (Å²) in [6.45, 7) is 4.63. The first-order valence-corrected chi connectivity index (χ1v) is 10.3. The number of aromatic nitrogens is 4. The van der Waals surface area contributed by atoms with Crippen LogP contribution >= 0.6 is 11.8 Å². The summed E-state index contributed by atoms with van der Waals surface area (Å²) >= 11 is 1.72. The maximum absolute atomic E-state index is 5.42. The molecule has 1 aromatic carbocycles. The van der Waals surface area contributed by atoms with E-state index in [0.29, 0.717) is 0 Å². The third-order valence-electron chi connectivity index (χ3n) is 4.64. The predicted octanol–water partition coefficient (Wildman–Crippen LogP) is 2.76. The normalized spacial score (nSPS) is 14.9. The van der Waals surface area contributed by atoms with E-state index < -0.39 is 0 Å². The second-order valence-electron chi connectivity index (χ2n) is 6.38. The molecule has 0 atom stereocenters. The second-order valence-corrected chi connectivity index (χ2v) is 7.44. The molecule has 0 N–H and O–H groups in total. The Morgan fingerprint density at radius 1 is 1.04 bits per heavy atom. The Bertz CT molecular complexity index is 879. The summed E-state index contributed by atoms with van der Waals surface area (Å²) in [5.41, 5.74) is 1.99. The van der Waals surface area contributed by atoms with Gasteiger partial charge in [-0.3, -0.25) is 14.5 Å². The lowest BCUT2D eigenvalue weighted by Crippen LogP contribution is -2.37. The maximum atomic E-state index is 5.42. The van der Waals surface area contributed by atoms with E-state index in [1.807, 2.05) is 36.4 Å². The highest BCUT2D eigenvalue weighted by molar-refractivity contribution is 7.99. The van der Waals surface area contributed by atoms with Crippen LogP contribution < -0.4 is 4.74 Å². The third kappa shape index (κ3) is 4.35. The van der Waals surface area contributed by atoms with Crippen molar-refractivity contribution >= 4 is 11.8 Å². The number of thioether (sulfide) groups is 1. The highest BCUT2D eigenvalue weighted by Gasteiger charge is 2.17. The molecule has 2 aromatic heterocycles. The van der Waals surface area contributed by atoms with E-state index in [1.54, 1.807) is 31.3 Å². The number of methoxy groups -OCH3 is 1. The number of pyridine rings is 1. The molecule has 7 nitrogen and oxygen atoms in total. The van der Waals surface area contributed by atoms with Gasteiger partial charge in [0.15, 0.2) is 11.0 Å². The standard InChI is InChI=1S/C20H23N5O2S/c1-26-18-4-2-17(3-5-18)25-19(16-6-8-21-9-7-16)22-23-20(25)28-15-12-24-10-13-27-14-11-24/h2-9H,10-15H2,1H3. The highest BCUT2D eigenvalue weighted by atomic mass is 32.2. The lowest BCUT2D eigenvalue weighted by Gasteiger charge is -2.26. The van der Waals surface area contributed by atoms with Crippen molar-refractivity contribution in [3.63, 3.8) is 0 Å². The summed E-state index contributed by atoms with van der Waals surface area (Å²) < 4.78 is 12.8. The molecule has 4 rings (SSSR count). The van der Waals surface area contributed by atoms with Gasteiger partial charge in [0.25, 0.3) is 0 Å². The van der Waals surface area contributed by atoms with Gasteiger partial charge in [-0.05, 0) is 36.4 Å². The Labute approximate surface area is 168 Å². The van der Waals surface area contributed by atoms with Gasteiger partial charge in [-0.1, -0.05) is 11.8 Å². The fourth-order valence-electron chi connectivity index (χ4n) is 3.11. The molecule has 1 saturated heterocycles. The van der Waals surface area contributed by atoms with Crippen LogP contribution in [0.3, 0.4) is 0 Å². The third-order valence-corrected chi connectivity index (χ3v) is 5.55. The Morgan fingerprint density at radius 3 is 2.50 bits per heavy atom. The Kier molecular flexibility index (Phi) is 6.20. The van der Waals surface area contributed by atoms with Crippen LogP contribution in [-0.2, 0) is 4.74 Å². The van der Waals surface area contributed by atoms with Crippen molar-refractivity contribution in [3.05, 3.63) is 48.8 Å². The molecule has 146 valence electrons. The molecule has 8 heteroatoms. The van der Waals surface area contributed by atoms with Crippen LogP contribution in [0.1, 0.15) is 0 Å². The maximum Gasteiger partial charge on any atom is 0.196 e. The summed E-state index contributed by atoms with van der Waals surface area (Å²) in [6, 6.07) is 11.9. The SMILES string of the molecule is COc1ccc(-n2c(SCCN3CCOCC3)nnc2-c2ccncc2)cc1. The van der Waals surface area contributed by atoms with Crippen LogP contribution in [-0.4, -0.2) is 70.4 Å². The number of ether oxygens (including phenoxy) is 2. The van der Waals surface area contributed by atoms with Gasteiger partial charge >= 0.3 is 0 Å². The van der Waals surface area contributed by atoms with Crippen LogP contribution in [0.15, 0.2) is 53.9 Å². The van der Waals surface area contributed by atoms with Gasteiger partial charge < -0.3 is 9.47 Å². The summed E-state index contributed by atoms with van der Waals surface area (Å²) in [5.74, 6) is 2.58. The molecule has 3 heterocycles. The van der Waals surface area contributed by atoms with Crippen molar-refractivity contribution in [1.29, 1.82) is 0 Å². The first-order chi connectivity index (χ1) is 13.8. The number of benzene rings is 1. The molecule has 0 bridgehead atoms. The van der Waals surface area contributed by atoms with E-state index in [4.69, 9.17) is 9.47 Å². The topological polar surface area (TPSA) is 65.3 Å². The molecule has 0 spiro atoms. The minimum absolute atomic E-state index is 0.807. The molecule has 0 unspecified atom stereocenters. The molecule has 3 aromatic rings. The minimum atomic E-state index is 0.807. The van der Waals surface area contributed by atoms with Crippen LogP contribution in [0.4, 0.5) is 0 Å². The van der Waals surface area contributed by atoms with E-state index in [2.05, 4.69) is 24.6 Å². The molecular weight excluding hydrogens is 374 g/mol. The van der Waals surface area contributed by atoms with Crippen molar-refractivity contribution in [2.45, 2.75) is 5.16 Å². The molecule has 0 aliphatic carbocycles. The average Bonchev–Trinajstić information content (AvgIpc) is 3.19. The number of hydrogen-bond acceptors (Lipinski definition) is 7. The molecule has 0 saturated carbocycles. The van der Waals surface area contributed by atoms with E-state index in [-0.39, 0.29) is 0 Å². The average molecular weight is 398 g/mol. The fraction of sp³-hybridized carbons (Fsp3) is 0.350. The molecule has 28 heavy (non-hydrogen) atoms. The quantitative estimate of drug-likeness (QED) is 0.568. The summed E-state index contributed by atoms with van der Waals surface area (Å²) in [4.78, 5) is 6.53. The Hall–Kier alpha value is -2.42. The molecule has 1 aliphatic rings. The van der Waals surface area contributed by atoms with Gasteiger partial charge in [-0.2, -0.15) is 0 Å². The van der Waals surface area contributed by atoms with Crippen molar-refractivity contribution in [2.24, 2.45) is 0 Å². The lowest BCUT2D eigenvalue weighted by atomic mass is 10.2. The van der Waals surface area contributed by atoms with E-state index in [9.17, 15) is 0 Å². The van der Waals surface area contributed by atoms with Crippen LogP contribution in [0.25, 0.3) is 17.1 Å². The van der Waals surface area contributed by atoms with Gasteiger partial charge in [0.2, 0.25) is 0 Å². The number of rotatable bonds is 7. The number of morpholine rings is 1. The Balaban J connectivity index is 1.59. The van der Waals surface area contributed by atoms with Gasteiger partial charge in [-0.15, -0.1) is 10.2 Å². The lowest BCUT2D eigenvalue weighted by molar-refractivity contribution is 0.0410. The summed E-state index contributed by atoms with van der Waals surface area (Å²) in [7, 11) is 1.67. The number of hydrogen-bond donors (Lipinski definition) is 0. The van der Waals surface area contributed by atoms with Gasteiger partial charge in [0, 0.05) is 49.0 Å². The van der Waals surface area contributed by atoms with E-state index >= 15 is 0 Å². The molecular formula is C20H23N5O2S. The van der Waals surface area contributed by atoms with Gasteiger partial charge in [-0.25, -0.2) is 0 Å². The van der Waals surface area contributed by atoms with E-state index in [1.165, 1.54) is 0 Å². The zero-order valence-corrected chi connectivity index (χ0v) is 16.6. The fourth-order valence-corrected chi connectivity index (χ4v) is 4.06. The monoisotopic (exact) mass is 397 g/mol. The summed E-state index contributed by atoms with van der Waals surface area (Å²) in [5, 5.41) is 9.83. The summed E-state index contributed by atoms with van der Waals surface area (Å²) in [6.07, 6.45) is 3.54. The van der Waals surface area contributed by atoms with Gasteiger partial charge in [0.05, 0.1) is 20.3 Å². The smallest absolute Gasteiger partial charge is 0.196 e. The second kappa shape index (κ2) is 9.18. The molecule has 0 amide bonds. The van der Waals surface area contributed by atoms with Crippen LogP contribution in [0, 0.1) is 0 Å². The van der Waals surface area contributed by atoms with Crippen molar-refractivity contribution in [1.82, 2.24) is 24.6 Å². The molecule has 1 aliphatic heterocycles. The molecule has 1 fully saturated rings. The molecule has 0 radical (unpaired) electrons.